The first-order valence-electron chi connectivity index (χ1n) is 7.90. The van der Waals surface area contributed by atoms with Crippen LogP contribution in [0.4, 0.5) is 5.69 Å². The van der Waals surface area contributed by atoms with E-state index in [-0.39, 0.29) is 0 Å². The second kappa shape index (κ2) is 8.20. The highest BCUT2D eigenvalue weighted by Crippen LogP contribution is 2.36. The van der Waals surface area contributed by atoms with Gasteiger partial charge in [-0.15, -0.1) is 0 Å². The minimum Gasteiger partial charge on any atom is -0.465 e. The van der Waals surface area contributed by atoms with Gasteiger partial charge in [-0.2, -0.15) is 4.99 Å². The highest BCUT2D eigenvalue weighted by molar-refractivity contribution is 6.31. The fraction of sp³-hybridized carbons (Fsp3) is 0.471. The summed E-state index contributed by atoms with van der Waals surface area (Å²) in [5, 5.41) is 0.710. The number of rotatable bonds is 6. The Labute approximate surface area is 137 Å². The van der Waals surface area contributed by atoms with Gasteiger partial charge in [0.25, 0.3) is 6.02 Å². The van der Waals surface area contributed by atoms with Crippen LogP contribution >= 0.6 is 11.6 Å². The van der Waals surface area contributed by atoms with Gasteiger partial charge in [-0.1, -0.05) is 31.5 Å². The smallest absolute Gasteiger partial charge is 0.297 e. The number of ether oxygens (including phenoxy) is 1. The quantitative estimate of drug-likeness (QED) is 0.855. The summed E-state index contributed by atoms with van der Waals surface area (Å²) in [5.74, 6) is 0. The molecule has 0 fully saturated rings. The number of nitrogens with zero attached hydrogens (tertiary/aromatic N) is 2. The molecule has 5 heteroatoms. The molecule has 0 spiro atoms. The fourth-order valence-electron chi connectivity index (χ4n) is 2.41. The molecule has 0 saturated carbocycles. The number of halogens is 1. The molecule has 0 radical (unpaired) electrons. The number of benzene rings is 1. The normalized spacial score (nSPS) is 15.7. The molecular formula is C17H24ClN3O. The summed E-state index contributed by atoms with van der Waals surface area (Å²) in [4.78, 5) is 6.80. The van der Waals surface area contributed by atoms with Crippen molar-refractivity contribution in [2.45, 2.75) is 33.1 Å². The van der Waals surface area contributed by atoms with Crippen molar-refractivity contribution in [1.82, 2.24) is 4.90 Å². The zero-order valence-electron chi connectivity index (χ0n) is 13.3. The molecule has 0 aliphatic carbocycles. The van der Waals surface area contributed by atoms with E-state index in [1.165, 1.54) is 0 Å². The highest BCUT2D eigenvalue weighted by Gasteiger charge is 2.25. The molecule has 120 valence electrons. The third-order valence-corrected chi connectivity index (χ3v) is 3.59. The van der Waals surface area contributed by atoms with Gasteiger partial charge in [0, 0.05) is 17.1 Å². The van der Waals surface area contributed by atoms with E-state index in [0.717, 1.165) is 42.8 Å². The first kappa shape index (κ1) is 16.8. The lowest BCUT2D eigenvalue weighted by atomic mass is 10.1. The first-order chi connectivity index (χ1) is 10.7. The van der Waals surface area contributed by atoms with Crippen LogP contribution < -0.4 is 5.73 Å². The fourth-order valence-corrected chi connectivity index (χ4v) is 2.58. The SMILES string of the molecule is CCCOC1=Nc2ccc(Cl)cc2C(=CCCN)N1CCC. The second-order valence-corrected chi connectivity index (χ2v) is 5.66. The van der Waals surface area contributed by atoms with Crippen LogP contribution in [0.5, 0.6) is 0 Å². The van der Waals surface area contributed by atoms with Gasteiger partial charge in [0.1, 0.15) is 0 Å². The van der Waals surface area contributed by atoms with E-state index in [0.29, 0.717) is 24.2 Å². The zero-order chi connectivity index (χ0) is 15.9. The van der Waals surface area contributed by atoms with Crippen LogP contribution in [0, 0.1) is 0 Å². The molecule has 0 aromatic heterocycles. The molecule has 0 bridgehead atoms. The van der Waals surface area contributed by atoms with Crippen molar-refractivity contribution in [3.05, 3.63) is 34.9 Å². The van der Waals surface area contributed by atoms with E-state index in [2.05, 4.69) is 29.8 Å². The van der Waals surface area contributed by atoms with Gasteiger partial charge in [-0.3, -0.25) is 4.90 Å². The van der Waals surface area contributed by atoms with E-state index in [4.69, 9.17) is 22.1 Å². The van der Waals surface area contributed by atoms with Gasteiger partial charge in [0.05, 0.1) is 18.0 Å². The van der Waals surface area contributed by atoms with E-state index in [9.17, 15) is 0 Å². The maximum absolute atomic E-state index is 6.17. The Morgan fingerprint density at radius 3 is 2.82 bits per heavy atom. The average Bonchev–Trinajstić information content (AvgIpc) is 2.52. The largest absolute Gasteiger partial charge is 0.465 e. The lowest BCUT2D eigenvalue weighted by molar-refractivity contribution is 0.257. The van der Waals surface area contributed by atoms with E-state index >= 15 is 0 Å². The van der Waals surface area contributed by atoms with E-state index in [1.807, 2.05) is 18.2 Å². The summed E-state index contributed by atoms with van der Waals surface area (Å²) in [5.41, 5.74) is 8.70. The molecule has 1 aromatic carbocycles. The monoisotopic (exact) mass is 321 g/mol. The van der Waals surface area contributed by atoms with Crippen LogP contribution in [0.1, 0.15) is 38.7 Å². The zero-order valence-corrected chi connectivity index (χ0v) is 14.1. The molecule has 0 atom stereocenters. The van der Waals surface area contributed by atoms with Crippen LogP contribution in [0.3, 0.4) is 0 Å². The molecule has 0 amide bonds. The number of amidine groups is 1. The van der Waals surface area contributed by atoms with E-state index < -0.39 is 0 Å². The molecule has 0 saturated heterocycles. The molecule has 0 unspecified atom stereocenters. The average molecular weight is 322 g/mol. The molecule has 1 aliphatic heterocycles. The van der Waals surface area contributed by atoms with Crippen molar-refractivity contribution in [2.75, 3.05) is 19.7 Å². The summed E-state index contributed by atoms with van der Waals surface area (Å²) in [7, 11) is 0. The number of aliphatic imine (C=N–C) groups is 1. The van der Waals surface area contributed by atoms with Crippen molar-refractivity contribution < 1.29 is 4.74 Å². The number of nitrogens with two attached hydrogens (primary N) is 1. The van der Waals surface area contributed by atoms with Crippen molar-refractivity contribution in [2.24, 2.45) is 10.7 Å². The van der Waals surface area contributed by atoms with Crippen LogP contribution in [0.25, 0.3) is 5.70 Å². The molecule has 1 heterocycles. The standard InChI is InChI=1S/C17H24ClN3O/c1-3-10-21-16(6-5-9-19)14-12-13(18)7-8-15(14)20-17(21)22-11-4-2/h6-8,12H,3-5,9-11,19H2,1-2H3. The van der Waals surface area contributed by atoms with Crippen LogP contribution in [-0.4, -0.2) is 30.6 Å². The Morgan fingerprint density at radius 1 is 1.32 bits per heavy atom. The van der Waals surface area contributed by atoms with Crippen molar-refractivity contribution >= 4 is 29.0 Å². The molecule has 4 nitrogen and oxygen atoms in total. The molecule has 1 aromatic rings. The summed E-state index contributed by atoms with van der Waals surface area (Å²) < 4.78 is 5.87. The molecule has 1 aliphatic rings. The second-order valence-electron chi connectivity index (χ2n) is 5.22. The number of fused-ring (bicyclic) bond motifs is 1. The van der Waals surface area contributed by atoms with Crippen LogP contribution in [0.2, 0.25) is 5.02 Å². The van der Waals surface area contributed by atoms with Crippen LogP contribution in [-0.2, 0) is 4.74 Å². The van der Waals surface area contributed by atoms with Gasteiger partial charge < -0.3 is 10.5 Å². The topological polar surface area (TPSA) is 50.9 Å². The minimum atomic E-state index is 0.613. The van der Waals surface area contributed by atoms with E-state index in [1.54, 1.807) is 0 Å². The lowest BCUT2D eigenvalue weighted by Gasteiger charge is -2.32. The van der Waals surface area contributed by atoms with Crippen LogP contribution in [0.15, 0.2) is 29.3 Å². The predicted octanol–water partition coefficient (Wildman–Crippen LogP) is 4.17. The lowest BCUT2D eigenvalue weighted by Crippen LogP contribution is -2.34. The maximum Gasteiger partial charge on any atom is 0.297 e. The van der Waals surface area contributed by atoms with Gasteiger partial charge in [-0.05, 0) is 44.0 Å². The minimum absolute atomic E-state index is 0.613. The Morgan fingerprint density at radius 2 is 2.14 bits per heavy atom. The Balaban J connectivity index is 2.48. The summed E-state index contributed by atoms with van der Waals surface area (Å²) >= 11 is 6.17. The first-order valence-corrected chi connectivity index (χ1v) is 8.28. The predicted molar refractivity (Wildman–Crippen MR) is 93.4 cm³/mol. The Bertz CT molecular complexity index is 569. The number of hydrogen-bond donors (Lipinski definition) is 1. The number of hydrogen-bond acceptors (Lipinski definition) is 4. The Kier molecular flexibility index (Phi) is 6.28. The highest BCUT2D eigenvalue weighted by atomic mass is 35.5. The van der Waals surface area contributed by atoms with Gasteiger partial charge in [0.2, 0.25) is 0 Å². The third kappa shape index (κ3) is 3.81. The molecule has 22 heavy (non-hydrogen) atoms. The molecule has 2 N–H and O–H groups in total. The van der Waals surface area contributed by atoms with Crippen molar-refractivity contribution in [3.63, 3.8) is 0 Å². The maximum atomic E-state index is 6.17. The molecular weight excluding hydrogens is 298 g/mol. The van der Waals surface area contributed by atoms with Gasteiger partial charge >= 0.3 is 0 Å². The summed E-state index contributed by atoms with van der Waals surface area (Å²) in [6, 6.07) is 6.42. The van der Waals surface area contributed by atoms with Gasteiger partial charge in [0.15, 0.2) is 0 Å². The van der Waals surface area contributed by atoms with Crippen molar-refractivity contribution in [1.29, 1.82) is 0 Å². The third-order valence-electron chi connectivity index (χ3n) is 3.36. The van der Waals surface area contributed by atoms with Gasteiger partial charge in [-0.25, -0.2) is 0 Å². The summed E-state index contributed by atoms with van der Waals surface area (Å²) in [6.07, 6.45) is 4.91. The van der Waals surface area contributed by atoms with Crippen molar-refractivity contribution in [3.8, 4) is 0 Å². The molecule has 2 rings (SSSR count). The summed E-state index contributed by atoms with van der Waals surface area (Å²) in [6.45, 7) is 6.36. The Hall–Kier alpha value is -1.52.